The third kappa shape index (κ3) is 6.16. The van der Waals surface area contributed by atoms with Gasteiger partial charge in [0.15, 0.2) is 5.78 Å². The van der Waals surface area contributed by atoms with Crippen molar-refractivity contribution >= 4 is 52.5 Å². The lowest BCUT2D eigenvalue weighted by molar-refractivity contribution is -0.144. The van der Waals surface area contributed by atoms with E-state index in [1.807, 2.05) is 4.90 Å². The number of benzene rings is 1. The van der Waals surface area contributed by atoms with E-state index in [1.54, 1.807) is 4.90 Å². The van der Waals surface area contributed by atoms with E-state index in [0.29, 0.717) is 68.5 Å². The van der Waals surface area contributed by atoms with Gasteiger partial charge in [-0.1, -0.05) is 6.07 Å². The normalized spacial score (nSPS) is 30.1. The number of ether oxygens (including phenoxy) is 1. The second kappa shape index (κ2) is 12.3. The van der Waals surface area contributed by atoms with Crippen molar-refractivity contribution in [3.05, 3.63) is 34.7 Å². The largest absolute Gasteiger partial charge is 0.399 e. The fraction of sp³-hybridized carbons (Fsp3) is 0.625. The SMILES string of the molecule is O=C(N[C@H]1C[C@@H]2C[C@@H]2C[C@H]2CC[C@@H](C(=O)C3CCN(C(=O)[C@@H]4CCOC4)CC3)N2C1=O)c1cc2cc(C(F)(F)P(=O)(O)O)ccc2s1. The second-order valence-electron chi connectivity index (χ2n) is 13.8. The maximum atomic E-state index is 14.3. The molecule has 0 unspecified atom stereocenters. The summed E-state index contributed by atoms with van der Waals surface area (Å²) in [6.45, 7) is 2.05. The lowest BCUT2D eigenvalue weighted by Crippen LogP contribution is -2.56. The molecule has 5 aliphatic rings. The molecule has 4 aliphatic heterocycles. The van der Waals surface area contributed by atoms with E-state index >= 15 is 0 Å². The number of thiophene rings is 1. The van der Waals surface area contributed by atoms with Crippen LogP contribution in [0.1, 0.15) is 66.6 Å². The minimum absolute atomic E-state index is 0.0302. The second-order valence-corrected chi connectivity index (χ2v) is 16.5. The Morgan fingerprint density at radius 1 is 0.979 bits per heavy atom. The van der Waals surface area contributed by atoms with Gasteiger partial charge in [0.1, 0.15) is 6.04 Å². The van der Waals surface area contributed by atoms with Crippen LogP contribution in [0.4, 0.5) is 8.78 Å². The predicted octanol–water partition coefficient (Wildman–Crippen LogP) is 3.86. The number of hydrogen-bond donors (Lipinski definition) is 3. The highest BCUT2D eigenvalue weighted by atomic mass is 32.1. The molecule has 1 aromatic carbocycles. The Labute approximate surface area is 274 Å². The average Bonchev–Trinajstić information content (AvgIpc) is 3.46. The van der Waals surface area contributed by atoms with Gasteiger partial charge in [0.2, 0.25) is 11.8 Å². The predicted molar refractivity (Wildman–Crippen MR) is 167 cm³/mol. The van der Waals surface area contributed by atoms with Crippen molar-refractivity contribution in [2.45, 2.75) is 75.2 Å². The molecule has 0 bridgehead atoms. The Kier molecular flexibility index (Phi) is 8.56. The summed E-state index contributed by atoms with van der Waals surface area (Å²) < 4.78 is 45.8. The molecule has 1 aliphatic carbocycles. The van der Waals surface area contributed by atoms with Gasteiger partial charge in [0.25, 0.3) is 5.91 Å². The molecular formula is C32H38F2N3O8PS. The fourth-order valence-electron chi connectivity index (χ4n) is 8.05. The summed E-state index contributed by atoms with van der Waals surface area (Å²) in [5, 5.41) is 3.11. The topological polar surface area (TPSA) is 154 Å². The van der Waals surface area contributed by atoms with Crippen molar-refractivity contribution in [3.63, 3.8) is 0 Å². The maximum absolute atomic E-state index is 14.3. The number of alkyl halides is 2. The third-order valence-corrected chi connectivity index (χ3v) is 12.9. The number of halogens is 2. The standard InChI is InChI=1S/C32H38F2N3O8PS/c33-32(34,46(42,43)44)22-1-4-26-21(12-22)15-27(47-26)29(39)35-24-14-20-11-19(20)13-23-2-3-25(37(23)31(24)41)28(38)17-5-8-36(9-6-17)30(40)18-7-10-45-16-18/h1,4,12,15,17-20,23-25H,2-3,5-11,13-14,16H2,(H,35,39)(H2,42,43,44)/t18-,19-,20+,23-,24+,25+/m1/s1. The molecule has 1 saturated carbocycles. The Morgan fingerprint density at radius 2 is 1.72 bits per heavy atom. The van der Waals surface area contributed by atoms with Crippen LogP contribution in [-0.4, -0.2) is 87.5 Å². The smallest absolute Gasteiger partial charge is 0.381 e. The number of carbonyl (C=O) groups excluding carboxylic acids is 4. The van der Waals surface area contributed by atoms with Gasteiger partial charge >= 0.3 is 13.3 Å². The Hall–Kier alpha value is -2.77. The van der Waals surface area contributed by atoms with Crippen molar-refractivity contribution in [2.75, 3.05) is 26.3 Å². The first-order valence-corrected chi connectivity index (χ1v) is 18.8. The summed E-state index contributed by atoms with van der Waals surface area (Å²) in [7, 11) is -5.76. The minimum atomic E-state index is -5.76. The number of nitrogens with one attached hydrogen (secondary N) is 1. The van der Waals surface area contributed by atoms with Crippen LogP contribution in [0.2, 0.25) is 0 Å². The molecule has 5 fully saturated rings. The zero-order valence-corrected chi connectivity index (χ0v) is 27.4. The number of likely N-dealkylation sites (tertiary alicyclic amines) is 1. The first-order valence-electron chi connectivity index (χ1n) is 16.3. The summed E-state index contributed by atoms with van der Waals surface area (Å²) in [5.74, 6) is -0.339. The molecule has 0 spiro atoms. The van der Waals surface area contributed by atoms with Gasteiger partial charge in [-0.25, -0.2) is 0 Å². The molecule has 15 heteroatoms. The lowest BCUT2D eigenvalue weighted by atomic mass is 9.87. The summed E-state index contributed by atoms with van der Waals surface area (Å²) in [4.78, 5) is 76.4. The molecule has 7 rings (SSSR count). The Bertz CT molecular complexity index is 1650. The van der Waals surface area contributed by atoms with Gasteiger partial charge < -0.3 is 29.6 Å². The van der Waals surface area contributed by atoms with Crippen LogP contribution in [0.15, 0.2) is 24.3 Å². The summed E-state index contributed by atoms with van der Waals surface area (Å²) >= 11 is 1.03. The quantitative estimate of drug-likeness (QED) is 0.370. The van der Waals surface area contributed by atoms with E-state index in [9.17, 15) is 32.5 Å². The van der Waals surface area contributed by atoms with Crippen molar-refractivity contribution in [1.82, 2.24) is 15.1 Å². The molecule has 1 aromatic heterocycles. The number of rotatable bonds is 7. The molecule has 5 heterocycles. The molecule has 3 N–H and O–H groups in total. The zero-order chi connectivity index (χ0) is 33.2. The summed E-state index contributed by atoms with van der Waals surface area (Å²) in [6.07, 6.45) is 5.39. The number of carbonyl (C=O) groups is 4. The van der Waals surface area contributed by atoms with E-state index in [4.69, 9.17) is 14.5 Å². The number of hydrogen-bond acceptors (Lipinski definition) is 7. The Balaban J connectivity index is 1.05. The number of Topliss-reactive ketones (excluding diaryl/α,β-unsaturated/α-hetero) is 1. The maximum Gasteiger partial charge on any atom is 0.399 e. The van der Waals surface area contributed by atoms with Crippen LogP contribution in [0.5, 0.6) is 0 Å². The first-order chi connectivity index (χ1) is 22.3. The molecule has 6 atom stereocenters. The molecule has 47 heavy (non-hydrogen) atoms. The van der Waals surface area contributed by atoms with Gasteiger partial charge in [-0.3, -0.25) is 23.7 Å². The number of ketones is 1. The number of amides is 3. The zero-order valence-electron chi connectivity index (χ0n) is 25.7. The highest BCUT2D eigenvalue weighted by Crippen LogP contribution is 2.59. The molecule has 0 radical (unpaired) electrons. The number of piperidine rings is 1. The van der Waals surface area contributed by atoms with E-state index in [2.05, 4.69) is 5.32 Å². The van der Waals surface area contributed by atoms with Gasteiger partial charge in [-0.05, 0) is 86.8 Å². The van der Waals surface area contributed by atoms with Crippen molar-refractivity contribution in [2.24, 2.45) is 23.7 Å². The molecule has 2 aromatic rings. The summed E-state index contributed by atoms with van der Waals surface area (Å²) in [5.41, 5.74) is -5.23. The molecule has 3 amide bonds. The third-order valence-electron chi connectivity index (χ3n) is 10.8. The van der Waals surface area contributed by atoms with Gasteiger partial charge in [-0.15, -0.1) is 11.3 Å². The number of nitrogens with zero attached hydrogens (tertiary/aromatic N) is 2. The highest BCUT2D eigenvalue weighted by Gasteiger charge is 2.52. The minimum Gasteiger partial charge on any atom is -0.381 e. The first kappa shape index (κ1) is 32.8. The van der Waals surface area contributed by atoms with Crippen molar-refractivity contribution in [3.8, 4) is 0 Å². The molecule has 254 valence electrons. The highest BCUT2D eigenvalue weighted by molar-refractivity contribution is 7.52. The van der Waals surface area contributed by atoms with Crippen LogP contribution in [0.25, 0.3) is 10.1 Å². The van der Waals surface area contributed by atoms with E-state index in [0.717, 1.165) is 49.2 Å². The molecule has 11 nitrogen and oxygen atoms in total. The van der Waals surface area contributed by atoms with Crippen LogP contribution in [0, 0.1) is 23.7 Å². The van der Waals surface area contributed by atoms with E-state index < -0.39 is 36.8 Å². The number of fused-ring (bicyclic) bond motifs is 3. The molecular weight excluding hydrogens is 655 g/mol. The summed E-state index contributed by atoms with van der Waals surface area (Å²) in [6, 6.07) is 3.07. The van der Waals surface area contributed by atoms with E-state index in [-0.39, 0.29) is 45.7 Å². The monoisotopic (exact) mass is 693 g/mol. The van der Waals surface area contributed by atoms with Crippen molar-refractivity contribution in [1.29, 1.82) is 0 Å². The molecule has 4 saturated heterocycles. The van der Waals surface area contributed by atoms with Crippen LogP contribution >= 0.6 is 18.9 Å². The lowest BCUT2D eigenvalue weighted by Gasteiger charge is -2.38. The van der Waals surface area contributed by atoms with Crippen LogP contribution in [-0.2, 0) is 29.3 Å². The van der Waals surface area contributed by atoms with Gasteiger partial charge in [0.05, 0.1) is 23.4 Å². The fourth-order valence-corrected chi connectivity index (χ4v) is 9.47. The van der Waals surface area contributed by atoms with Crippen LogP contribution in [0.3, 0.4) is 0 Å². The average molecular weight is 694 g/mol. The van der Waals surface area contributed by atoms with Gasteiger partial charge in [0, 0.05) is 41.9 Å². The van der Waals surface area contributed by atoms with E-state index in [1.165, 1.54) is 12.1 Å². The Morgan fingerprint density at radius 3 is 2.43 bits per heavy atom. The van der Waals surface area contributed by atoms with Crippen molar-refractivity contribution < 1.29 is 47.0 Å². The van der Waals surface area contributed by atoms with Gasteiger partial charge in [-0.2, -0.15) is 8.78 Å². The van der Waals surface area contributed by atoms with Crippen LogP contribution < -0.4 is 5.32 Å².